The smallest absolute Gasteiger partial charge is 0.149 e. The highest BCUT2D eigenvalue weighted by molar-refractivity contribution is 5.46. The van der Waals surface area contributed by atoms with Crippen LogP contribution in [0.3, 0.4) is 0 Å². The van der Waals surface area contributed by atoms with Crippen LogP contribution >= 0.6 is 0 Å². The minimum Gasteiger partial charge on any atom is -0.384 e. The first-order valence-electron chi connectivity index (χ1n) is 5.22. The Bertz CT molecular complexity index is 528. The SMILES string of the molecule is Cc1cc(NCc2nccc(N)n2)ccc1F. The summed E-state index contributed by atoms with van der Waals surface area (Å²) >= 11 is 0. The molecular formula is C12H13FN4. The number of rotatable bonds is 3. The van der Waals surface area contributed by atoms with E-state index in [0.29, 0.717) is 23.8 Å². The minimum atomic E-state index is -0.212. The monoisotopic (exact) mass is 232 g/mol. The molecule has 1 heterocycles. The number of nitrogen functional groups attached to an aromatic ring is 1. The molecule has 4 nitrogen and oxygen atoms in total. The van der Waals surface area contributed by atoms with Crippen LogP contribution in [0.5, 0.6) is 0 Å². The van der Waals surface area contributed by atoms with Gasteiger partial charge in [0.1, 0.15) is 17.5 Å². The van der Waals surface area contributed by atoms with Crippen molar-refractivity contribution in [1.82, 2.24) is 9.97 Å². The van der Waals surface area contributed by atoms with Gasteiger partial charge in [0, 0.05) is 11.9 Å². The van der Waals surface area contributed by atoms with Crippen LogP contribution in [0, 0.1) is 12.7 Å². The van der Waals surface area contributed by atoms with E-state index >= 15 is 0 Å². The average Bonchev–Trinajstić information content (AvgIpc) is 2.31. The predicted octanol–water partition coefficient (Wildman–Crippen LogP) is 2.12. The molecule has 3 N–H and O–H groups in total. The topological polar surface area (TPSA) is 63.8 Å². The van der Waals surface area contributed by atoms with E-state index < -0.39 is 0 Å². The van der Waals surface area contributed by atoms with Crippen molar-refractivity contribution in [3.63, 3.8) is 0 Å². The van der Waals surface area contributed by atoms with E-state index in [1.807, 2.05) is 0 Å². The van der Waals surface area contributed by atoms with Crippen molar-refractivity contribution in [2.24, 2.45) is 0 Å². The van der Waals surface area contributed by atoms with Crippen LogP contribution in [-0.4, -0.2) is 9.97 Å². The summed E-state index contributed by atoms with van der Waals surface area (Å²) in [7, 11) is 0. The molecule has 5 heteroatoms. The Labute approximate surface area is 98.7 Å². The summed E-state index contributed by atoms with van der Waals surface area (Å²) in [6.07, 6.45) is 1.61. The van der Waals surface area contributed by atoms with Gasteiger partial charge in [-0.15, -0.1) is 0 Å². The lowest BCUT2D eigenvalue weighted by atomic mass is 10.2. The summed E-state index contributed by atoms with van der Waals surface area (Å²) in [4.78, 5) is 8.13. The van der Waals surface area contributed by atoms with Crippen LogP contribution in [0.25, 0.3) is 0 Å². The zero-order valence-electron chi connectivity index (χ0n) is 9.44. The first-order valence-corrected chi connectivity index (χ1v) is 5.22. The van der Waals surface area contributed by atoms with Crippen LogP contribution in [-0.2, 0) is 6.54 Å². The molecule has 0 spiro atoms. The van der Waals surface area contributed by atoms with Gasteiger partial charge in [-0.05, 0) is 36.8 Å². The molecule has 0 aliphatic heterocycles. The molecule has 2 rings (SSSR count). The minimum absolute atomic E-state index is 0.212. The fourth-order valence-corrected chi connectivity index (χ4v) is 1.44. The van der Waals surface area contributed by atoms with Gasteiger partial charge in [0.05, 0.1) is 6.54 Å². The van der Waals surface area contributed by atoms with Gasteiger partial charge in [0.15, 0.2) is 0 Å². The third-order valence-corrected chi connectivity index (χ3v) is 2.34. The molecule has 0 unspecified atom stereocenters. The molecule has 0 aliphatic rings. The van der Waals surface area contributed by atoms with E-state index in [9.17, 15) is 4.39 Å². The molecule has 0 bridgehead atoms. The first-order chi connectivity index (χ1) is 8.15. The summed E-state index contributed by atoms with van der Waals surface area (Å²) in [6, 6.07) is 6.47. The van der Waals surface area contributed by atoms with Crippen molar-refractivity contribution >= 4 is 11.5 Å². The molecule has 88 valence electrons. The molecule has 0 amide bonds. The maximum absolute atomic E-state index is 13.0. The second-order valence-corrected chi connectivity index (χ2v) is 3.72. The lowest BCUT2D eigenvalue weighted by Crippen LogP contribution is -2.05. The molecule has 0 saturated carbocycles. The van der Waals surface area contributed by atoms with Gasteiger partial charge in [-0.3, -0.25) is 0 Å². The van der Waals surface area contributed by atoms with Crippen molar-refractivity contribution in [1.29, 1.82) is 0 Å². The Balaban J connectivity index is 2.05. The quantitative estimate of drug-likeness (QED) is 0.850. The molecule has 1 aromatic heterocycles. The maximum atomic E-state index is 13.0. The van der Waals surface area contributed by atoms with Crippen LogP contribution in [0.4, 0.5) is 15.9 Å². The first kappa shape index (κ1) is 11.3. The number of benzene rings is 1. The molecule has 0 atom stereocenters. The number of hydrogen-bond donors (Lipinski definition) is 2. The Hall–Kier alpha value is -2.17. The molecule has 0 saturated heterocycles. The molecular weight excluding hydrogens is 219 g/mol. The predicted molar refractivity (Wildman–Crippen MR) is 64.9 cm³/mol. The van der Waals surface area contributed by atoms with Crippen molar-refractivity contribution in [3.05, 3.63) is 47.7 Å². The van der Waals surface area contributed by atoms with Crippen LogP contribution in [0.1, 0.15) is 11.4 Å². The molecule has 2 aromatic rings. The summed E-state index contributed by atoms with van der Waals surface area (Å²) in [6.45, 7) is 2.17. The number of anilines is 2. The number of nitrogens with two attached hydrogens (primary N) is 1. The fourth-order valence-electron chi connectivity index (χ4n) is 1.44. The Morgan fingerprint density at radius 1 is 1.35 bits per heavy atom. The normalized spacial score (nSPS) is 10.2. The average molecular weight is 232 g/mol. The van der Waals surface area contributed by atoms with Crippen molar-refractivity contribution in [2.45, 2.75) is 13.5 Å². The van der Waals surface area contributed by atoms with E-state index in [4.69, 9.17) is 5.73 Å². The zero-order valence-corrected chi connectivity index (χ0v) is 9.44. The second-order valence-electron chi connectivity index (χ2n) is 3.72. The standard InChI is InChI=1S/C12H13FN4/c1-8-6-9(2-3-10(8)13)16-7-12-15-5-4-11(14)17-12/h2-6,16H,7H2,1H3,(H2,14,15,17). The molecule has 0 radical (unpaired) electrons. The third kappa shape index (κ3) is 2.90. The van der Waals surface area contributed by atoms with Crippen molar-refractivity contribution in [3.8, 4) is 0 Å². The zero-order chi connectivity index (χ0) is 12.3. The summed E-state index contributed by atoms with van der Waals surface area (Å²) in [5.74, 6) is 0.829. The van der Waals surface area contributed by atoms with Crippen LogP contribution in [0.2, 0.25) is 0 Å². The van der Waals surface area contributed by atoms with Gasteiger partial charge < -0.3 is 11.1 Å². The molecule has 0 aliphatic carbocycles. The van der Waals surface area contributed by atoms with Gasteiger partial charge >= 0.3 is 0 Å². The summed E-state index contributed by atoms with van der Waals surface area (Å²) < 4.78 is 13.0. The largest absolute Gasteiger partial charge is 0.384 e. The summed E-state index contributed by atoms with van der Waals surface area (Å²) in [5.41, 5.74) is 6.97. The third-order valence-electron chi connectivity index (χ3n) is 2.34. The van der Waals surface area contributed by atoms with Gasteiger partial charge in [0.2, 0.25) is 0 Å². The number of nitrogens with one attached hydrogen (secondary N) is 1. The Kier molecular flexibility index (Phi) is 3.18. The Morgan fingerprint density at radius 2 is 2.18 bits per heavy atom. The van der Waals surface area contributed by atoms with E-state index in [0.717, 1.165) is 5.69 Å². The molecule has 17 heavy (non-hydrogen) atoms. The van der Waals surface area contributed by atoms with Gasteiger partial charge in [-0.2, -0.15) is 0 Å². The van der Waals surface area contributed by atoms with E-state index in [-0.39, 0.29) is 5.82 Å². The lowest BCUT2D eigenvalue weighted by molar-refractivity contribution is 0.618. The highest BCUT2D eigenvalue weighted by atomic mass is 19.1. The van der Waals surface area contributed by atoms with E-state index in [1.165, 1.54) is 6.07 Å². The maximum Gasteiger partial charge on any atom is 0.149 e. The number of nitrogens with zero attached hydrogens (tertiary/aromatic N) is 2. The van der Waals surface area contributed by atoms with Crippen molar-refractivity contribution < 1.29 is 4.39 Å². The number of halogens is 1. The molecule has 1 aromatic carbocycles. The van der Waals surface area contributed by atoms with Gasteiger partial charge in [-0.25, -0.2) is 14.4 Å². The summed E-state index contributed by atoms with van der Waals surface area (Å²) in [5, 5.41) is 3.11. The van der Waals surface area contributed by atoms with Crippen LogP contribution in [0.15, 0.2) is 30.5 Å². The number of aryl methyl sites for hydroxylation is 1. The number of aromatic nitrogens is 2. The Morgan fingerprint density at radius 3 is 2.88 bits per heavy atom. The highest BCUT2D eigenvalue weighted by Crippen LogP contribution is 2.14. The second kappa shape index (κ2) is 4.78. The van der Waals surface area contributed by atoms with Gasteiger partial charge in [-0.1, -0.05) is 0 Å². The van der Waals surface area contributed by atoms with E-state index in [2.05, 4.69) is 15.3 Å². The number of hydrogen-bond acceptors (Lipinski definition) is 4. The lowest BCUT2D eigenvalue weighted by Gasteiger charge is -2.06. The van der Waals surface area contributed by atoms with Crippen molar-refractivity contribution in [2.75, 3.05) is 11.1 Å². The fraction of sp³-hybridized carbons (Fsp3) is 0.167. The molecule has 0 fully saturated rings. The highest BCUT2D eigenvalue weighted by Gasteiger charge is 2.00. The van der Waals surface area contributed by atoms with Gasteiger partial charge in [0.25, 0.3) is 0 Å². The van der Waals surface area contributed by atoms with E-state index in [1.54, 1.807) is 31.3 Å². The van der Waals surface area contributed by atoms with Crippen LogP contribution < -0.4 is 11.1 Å².